The maximum Gasteiger partial charge on any atom is 0.260 e. The quantitative estimate of drug-likeness (QED) is 0.536. The molecule has 0 saturated carbocycles. The molecule has 32 heavy (non-hydrogen) atoms. The van der Waals surface area contributed by atoms with Crippen LogP contribution in [-0.4, -0.2) is 56.5 Å². The van der Waals surface area contributed by atoms with Gasteiger partial charge in [-0.2, -0.15) is 0 Å². The summed E-state index contributed by atoms with van der Waals surface area (Å²) in [6, 6.07) is 24.0. The van der Waals surface area contributed by atoms with Crippen LogP contribution < -0.4 is 14.4 Å². The van der Waals surface area contributed by atoms with Gasteiger partial charge in [-0.1, -0.05) is 30.3 Å². The summed E-state index contributed by atoms with van der Waals surface area (Å²) in [6.45, 7) is 2.83. The number of benzene rings is 3. The first-order valence-corrected chi connectivity index (χ1v) is 10.6. The van der Waals surface area contributed by atoms with Crippen molar-refractivity contribution < 1.29 is 19.1 Å². The van der Waals surface area contributed by atoms with E-state index in [0.717, 1.165) is 24.5 Å². The number of anilines is 1. The van der Waals surface area contributed by atoms with Gasteiger partial charge in [-0.15, -0.1) is 0 Å². The maximum absolute atomic E-state index is 12.6. The number of methoxy groups -OCH3 is 1. The number of rotatable bonds is 7. The Morgan fingerprint density at radius 1 is 0.750 bits per heavy atom. The molecule has 4 rings (SSSR count). The molecule has 0 unspecified atom stereocenters. The van der Waals surface area contributed by atoms with Gasteiger partial charge in [0.1, 0.15) is 11.5 Å². The molecule has 0 aliphatic carbocycles. The number of amides is 1. The lowest BCUT2D eigenvalue weighted by Crippen LogP contribution is -2.50. The zero-order valence-electron chi connectivity index (χ0n) is 18.1. The van der Waals surface area contributed by atoms with Gasteiger partial charge >= 0.3 is 0 Å². The maximum atomic E-state index is 12.6. The summed E-state index contributed by atoms with van der Waals surface area (Å²) in [5.41, 5.74) is 2.36. The fourth-order valence-electron chi connectivity index (χ4n) is 3.70. The van der Waals surface area contributed by atoms with E-state index in [9.17, 15) is 9.59 Å². The minimum Gasteiger partial charge on any atom is -0.497 e. The van der Waals surface area contributed by atoms with E-state index in [1.54, 1.807) is 43.5 Å². The molecule has 3 aromatic rings. The van der Waals surface area contributed by atoms with Gasteiger partial charge < -0.3 is 19.3 Å². The zero-order valence-corrected chi connectivity index (χ0v) is 18.1. The molecule has 0 N–H and O–H groups in total. The highest BCUT2D eigenvalue weighted by atomic mass is 16.5. The standard InChI is InChI=1S/C26H26N2O4/c1-31-23-13-9-22(10-14-23)27-15-17-28(18-16-27)25(29)19-32-24-11-7-21(8-12-24)26(30)20-5-3-2-4-6-20/h2-14H,15-19H2,1H3. The Morgan fingerprint density at radius 3 is 1.97 bits per heavy atom. The van der Waals surface area contributed by atoms with E-state index in [0.29, 0.717) is 30.0 Å². The number of hydrogen-bond donors (Lipinski definition) is 0. The molecular weight excluding hydrogens is 404 g/mol. The molecule has 1 fully saturated rings. The topological polar surface area (TPSA) is 59.1 Å². The molecule has 1 amide bonds. The van der Waals surface area contributed by atoms with Crippen LogP contribution in [0.5, 0.6) is 11.5 Å². The number of carbonyl (C=O) groups excluding carboxylic acids is 2. The van der Waals surface area contributed by atoms with Crippen molar-refractivity contribution >= 4 is 17.4 Å². The number of piperazine rings is 1. The van der Waals surface area contributed by atoms with Gasteiger partial charge in [0, 0.05) is 43.0 Å². The summed E-state index contributed by atoms with van der Waals surface area (Å²) >= 11 is 0. The highest BCUT2D eigenvalue weighted by Crippen LogP contribution is 2.21. The summed E-state index contributed by atoms with van der Waals surface area (Å²) < 4.78 is 10.9. The van der Waals surface area contributed by atoms with Gasteiger partial charge in [0.25, 0.3) is 5.91 Å². The van der Waals surface area contributed by atoms with Crippen molar-refractivity contribution in [3.8, 4) is 11.5 Å². The lowest BCUT2D eigenvalue weighted by Gasteiger charge is -2.36. The van der Waals surface area contributed by atoms with E-state index in [1.165, 1.54) is 0 Å². The Morgan fingerprint density at radius 2 is 1.34 bits per heavy atom. The van der Waals surface area contributed by atoms with Crippen molar-refractivity contribution in [2.24, 2.45) is 0 Å². The van der Waals surface area contributed by atoms with Crippen LogP contribution in [0.4, 0.5) is 5.69 Å². The van der Waals surface area contributed by atoms with Gasteiger partial charge in [-0.3, -0.25) is 9.59 Å². The van der Waals surface area contributed by atoms with Gasteiger partial charge in [0.15, 0.2) is 12.4 Å². The molecule has 1 heterocycles. The molecule has 0 radical (unpaired) electrons. The second-order valence-electron chi connectivity index (χ2n) is 7.57. The molecule has 1 aliphatic heterocycles. The second kappa shape index (κ2) is 10.0. The first-order valence-electron chi connectivity index (χ1n) is 10.6. The first kappa shape index (κ1) is 21.4. The van der Waals surface area contributed by atoms with Gasteiger partial charge in [-0.25, -0.2) is 0 Å². The third-order valence-electron chi connectivity index (χ3n) is 5.58. The highest BCUT2D eigenvalue weighted by molar-refractivity contribution is 6.08. The van der Waals surface area contributed by atoms with Crippen molar-refractivity contribution in [3.63, 3.8) is 0 Å². The Hall–Kier alpha value is -3.80. The average molecular weight is 431 g/mol. The highest BCUT2D eigenvalue weighted by Gasteiger charge is 2.21. The number of hydrogen-bond acceptors (Lipinski definition) is 5. The van der Waals surface area contributed by atoms with Crippen LogP contribution in [0, 0.1) is 0 Å². The van der Waals surface area contributed by atoms with Crippen molar-refractivity contribution in [1.82, 2.24) is 4.90 Å². The molecule has 164 valence electrons. The van der Waals surface area contributed by atoms with Crippen LogP contribution in [0.25, 0.3) is 0 Å². The summed E-state index contributed by atoms with van der Waals surface area (Å²) in [5.74, 6) is 1.32. The lowest BCUT2D eigenvalue weighted by molar-refractivity contribution is -0.133. The normalized spacial score (nSPS) is 13.5. The van der Waals surface area contributed by atoms with Crippen molar-refractivity contribution in [3.05, 3.63) is 90.0 Å². The molecule has 0 spiro atoms. The largest absolute Gasteiger partial charge is 0.497 e. The predicted molar refractivity (Wildman–Crippen MR) is 124 cm³/mol. The fraction of sp³-hybridized carbons (Fsp3) is 0.231. The fourth-order valence-corrected chi connectivity index (χ4v) is 3.70. The Labute approximate surface area is 188 Å². The molecular formula is C26H26N2O4. The second-order valence-corrected chi connectivity index (χ2v) is 7.57. The molecule has 0 aromatic heterocycles. The minimum absolute atomic E-state index is 0.0193. The number of ketones is 1. The monoisotopic (exact) mass is 430 g/mol. The minimum atomic E-state index is -0.0389. The molecule has 1 saturated heterocycles. The van der Waals surface area contributed by atoms with Crippen molar-refractivity contribution in [2.75, 3.05) is 44.8 Å². The van der Waals surface area contributed by atoms with Crippen LogP contribution in [0.15, 0.2) is 78.9 Å². The Balaban J connectivity index is 1.25. The number of ether oxygens (including phenoxy) is 2. The van der Waals surface area contributed by atoms with Crippen LogP contribution in [-0.2, 0) is 4.79 Å². The Kier molecular flexibility index (Phi) is 6.70. The number of carbonyl (C=O) groups is 2. The van der Waals surface area contributed by atoms with Crippen LogP contribution in [0.2, 0.25) is 0 Å². The molecule has 0 bridgehead atoms. The summed E-state index contributed by atoms with van der Waals surface area (Å²) in [4.78, 5) is 29.1. The summed E-state index contributed by atoms with van der Waals surface area (Å²) in [5, 5.41) is 0. The van der Waals surface area contributed by atoms with E-state index in [2.05, 4.69) is 4.90 Å². The van der Waals surface area contributed by atoms with Gasteiger partial charge in [-0.05, 0) is 48.5 Å². The first-order chi connectivity index (χ1) is 15.6. The third-order valence-corrected chi connectivity index (χ3v) is 5.58. The summed E-state index contributed by atoms with van der Waals surface area (Å²) in [7, 11) is 1.65. The van der Waals surface area contributed by atoms with Crippen molar-refractivity contribution in [1.29, 1.82) is 0 Å². The van der Waals surface area contributed by atoms with Gasteiger partial charge in [0.2, 0.25) is 0 Å². The zero-order chi connectivity index (χ0) is 22.3. The van der Waals surface area contributed by atoms with Crippen LogP contribution in [0.3, 0.4) is 0 Å². The molecule has 3 aromatic carbocycles. The van der Waals surface area contributed by atoms with E-state index in [-0.39, 0.29) is 18.3 Å². The molecule has 1 aliphatic rings. The van der Waals surface area contributed by atoms with Gasteiger partial charge in [0.05, 0.1) is 7.11 Å². The third kappa shape index (κ3) is 5.09. The lowest BCUT2D eigenvalue weighted by atomic mass is 10.0. The molecule has 0 atom stereocenters. The van der Waals surface area contributed by atoms with E-state index >= 15 is 0 Å². The van der Waals surface area contributed by atoms with E-state index in [4.69, 9.17) is 9.47 Å². The van der Waals surface area contributed by atoms with Crippen LogP contribution >= 0.6 is 0 Å². The number of nitrogens with zero attached hydrogens (tertiary/aromatic N) is 2. The SMILES string of the molecule is COc1ccc(N2CCN(C(=O)COc3ccc(C(=O)c4ccccc4)cc3)CC2)cc1. The van der Waals surface area contributed by atoms with Crippen molar-refractivity contribution in [2.45, 2.75) is 0 Å². The average Bonchev–Trinajstić information content (AvgIpc) is 2.88. The van der Waals surface area contributed by atoms with E-state index < -0.39 is 0 Å². The smallest absolute Gasteiger partial charge is 0.260 e. The predicted octanol–water partition coefficient (Wildman–Crippen LogP) is 3.65. The van der Waals surface area contributed by atoms with E-state index in [1.807, 2.05) is 47.4 Å². The molecule has 6 heteroatoms. The van der Waals surface area contributed by atoms with Crippen LogP contribution in [0.1, 0.15) is 15.9 Å². The molecule has 6 nitrogen and oxygen atoms in total. The summed E-state index contributed by atoms with van der Waals surface area (Å²) in [6.07, 6.45) is 0. The Bertz CT molecular complexity index is 1040.